The third-order valence-electron chi connectivity index (χ3n) is 2.45. The van der Waals surface area contributed by atoms with Crippen LogP contribution in [-0.2, 0) is 0 Å². The summed E-state index contributed by atoms with van der Waals surface area (Å²) in [5.74, 6) is 0.124. The summed E-state index contributed by atoms with van der Waals surface area (Å²) >= 11 is 3.19. The normalized spacial score (nSPS) is 13.4. The van der Waals surface area contributed by atoms with Crippen LogP contribution in [0.15, 0.2) is 22.7 Å². The molecule has 0 saturated carbocycles. The van der Waals surface area contributed by atoms with Crippen molar-refractivity contribution in [1.29, 1.82) is 5.26 Å². The number of para-hydroxylation sites is 1. The van der Waals surface area contributed by atoms with Crippen LogP contribution in [0.25, 0.3) is 0 Å². The van der Waals surface area contributed by atoms with Crippen LogP contribution in [0.1, 0.15) is 6.92 Å². The molecule has 1 atom stereocenters. The molecule has 0 aliphatic heterocycles. The quantitative estimate of drug-likeness (QED) is 0.665. The second-order valence-electron chi connectivity index (χ2n) is 3.83. The first-order valence-electron chi connectivity index (χ1n) is 5.09. The van der Waals surface area contributed by atoms with Gasteiger partial charge in [-0.15, -0.1) is 0 Å². The van der Waals surface area contributed by atoms with Gasteiger partial charge in [-0.05, 0) is 36.0 Å². The first kappa shape index (κ1) is 14.4. The maximum absolute atomic E-state index is 10.9. The van der Waals surface area contributed by atoms with Crippen LogP contribution in [0.4, 0.5) is 5.69 Å². The highest BCUT2D eigenvalue weighted by Crippen LogP contribution is 2.35. The fourth-order valence-corrected chi connectivity index (χ4v) is 1.63. The number of nitrogens with zero attached hydrogens (tertiary/aromatic N) is 2. The summed E-state index contributed by atoms with van der Waals surface area (Å²) in [6, 6.07) is 6.59. The van der Waals surface area contributed by atoms with Crippen molar-refractivity contribution < 1.29 is 9.66 Å². The van der Waals surface area contributed by atoms with Gasteiger partial charge in [-0.3, -0.25) is 15.4 Å². The summed E-state index contributed by atoms with van der Waals surface area (Å²) in [6.07, 6.45) is 0. The van der Waals surface area contributed by atoms with E-state index in [1.54, 1.807) is 26.1 Å². The summed E-state index contributed by atoms with van der Waals surface area (Å²) in [5.41, 5.74) is -1.04. The number of nitrogens with one attached hydrogen (secondary N) is 1. The summed E-state index contributed by atoms with van der Waals surface area (Å²) < 4.78 is 5.88. The number of rotatable bonds is 5. The second-order valence-corrected chi connectivity index (χ2v) is 4.68. The van der Waals surface area contributed by atoms with Crippen LogP contribution in [0.2, 0.25) is 0 Å². The number of likely N-dealkylation sites (N-methyl/N-ethyl adjacent to an activating group) is 1. The number of nitro benzene ring substituents is 1. The molecule has 1 unspecified atom stereocenters. The van der Waals surface area contributed by atoms with Crippen molar-refractivity contribution >= 4 is 21.6 Å². The summed E-state index contributed by atoms with van der Waals surface area (Å²) in [4.78, 5) is 10.3. The maximum Gasteiger partial charge on any atom is 0.312 e. The molecule has 0 saturated heterocycles. The minimum absolute atomic E-state index is 0.00343. The minimum atomic E-state index is -0.900. The molecule has 18 heavy (non-hydrogen) atoms. The van der Waals surface area contributed by atoms with Crippen molar-refractivity contribution in [2.45, 2.75) is 12.5 Å². The van der Waals surface area contributed by atoms with Crippen LogP contribution < -0.4 is 10.1 Å². The first-order valence-corrected chi connectivity index (χ1v) is 5.88. The number of benzene rings is 1. The smallest absolute Gasteiger partial charge is 0.312 e. The van der Waals surface area contributed by atoms with Gasteiger partial charge < -0.3 is 4.74 Å². The number of nitriles is 1. The first-order chi connectivity index (χ1) is 8.43. The van der Waals surface area contributed by atoms with E-state index in [1.807, 2.05) is 6.07 Å². The largest absolute Gasteiger partial charge is 0.483 e. The highest BCUT2D eigenvalue weighted by Gasteiger charge is 2.25. The topological polar surface area (TPSA) is 88.2 Å². The van der Waals surface area contributed by atoms with Crippen LogP contribution in [-0.4, -0.2) is 24.1 Å². The van der Waals surface area contributed by atoms with Gasteiger partial charge in [0.25, 0.3) is 0 Å². The van der Waals surface area contributed by atoms with Crippen molar-refractivity contribution in [1.82, 2.24) is 5.32 Å². The van der Waals surface area contributed by atoms with E-state index in [0.717, 1.165) is 0 Å². The van der Waals surface area contributed by atoms with Crippen molar-refractivity contribution in [3.8, 4) is 11.8 Å². The highest BCUT2D eigenvalue weighted by molar-refractivity contribution is 9.10. The molecular weight excluding hydrogens is 302 g/mol. The zero-order chi connectivity index (χ0) is 13.8. The van der Waals surface area contributed by atoms with Crippen molar-refractivity contribution in [3.63, 3.8) is 0 Å². The standard InChI is InChI=1S/C11H12BrN3O3/c1-11(6-13,14-2)7-18-10-8(12)4-3-5-9(10)15(16)17/h3-5,14H,7H2,1-2H3. The Morgan fingerprint density at radius 1 is 1.67 bits per heavy atom. The lowest BCUT2D eigenvalue weighted by molar-refractivity contribution is -0.386. The lowest BCUT2D eigenvalue weighted by atomic mass is 10.1. The van der Waals surface area contributed by atoms with E-state index in [0.29, 0.717) is 4.47 Å². The molecule has 0 fully saturated rings. The molecule has 0 amide bonds. The lowest BCUT2D eigenvalue weighted by Crippen LogP contribution is -2.43. The highest BCUT2D eigenvalue weighted by atomic mass is 79.9. The third-order valence-corrected chi connectivity index (χ3v) is 3.07. The molecule has 0 aliphatic carbocycles. The SMILES string of the molecule is CNC(C)(C#N)COc1c(Br)cccc1[N+](=O)[O-]. The van der Waals surface area contributed by atoms with Gasteiger partial charge in [0.1, 0.15) is 12.1 Å². The lowest BCUT2D eigenvalue weighted by Gasteiger charge is -2.21. The van der Waals surface area contributed by atoms with Crippen molar-refractivity contribution in [2.75, 3.05) is 13.7 Å². The van der Waals surface area contributed by atoms with Gasteiger partial charge in [0.05, 0.1) is 15.5 Å². The molecule has 1 aromatic carbocycles. The fraction of sp³-hybridized carbons (Fsp3) is 0.364. The average Bonchev–Trinajstić information content (AvgIpc) is 2.36. The van der Waals surface area contributed by atoms with Gasteiger partial charge in [-0.25, -0.2) is 0 Å². The van der Waals surface area contributed by atoms with E-state index in [9.17, 15) is 10.1 Å². The molecule has 7 heteroatoms. The molecule has 0 aromatic heterocycles. The van der Waals surface area contributed by atoms with Crippen molar-refractivity contribution in [3.05, 3.63) is 32.8 Å². The number of nitro groups is 1. The Bertz CT molecular complexity index is 501. The molecule has 0 radical (unpaired) electrons. The Balaban J connectivity index is 2.98. The summed E-state index contributed by atoms with van der Waals surface area (Å²) in [6.45, 7) is 1.65. The van der Waals surface area contributed by atoms with Crippen LogP contribution in [0, 0.1) is 21.4 Å². The number of halogens is 1. The molecule has 1 rings (SSSR count). The molecular formula is C11H12BrN3O3. The van der Waals surface area contributed by atoms with Gasteiger partial charge >= 0.3 is 5.69 Å². The Labute approximate surface area is 113 Å². The van der Waals surface area contributed by atoms with Crippen molar-refractivity contribution in [2.24, 2.45) is 0 Å². The van der Waals surface area contributed by atoms with Crippen LogP contribution in [0.5, 0.6) is 5.75 Å². The summed E-state index contributed by atoms with van der Waals surface area (Å²) in [5, 5.41) is 22.6. The van der Waals surface area contributed by atoms with E-state index in [1.165, 1.54) is 6.07 Å². The van der Waals surface area contributed by atoms with E-state index in [-0.39, 0.29) is 18.0 Å². The van der Waals surface area contributed by atoms with E-state index in [2.05, 4.69) is 21.2 Å². The third kappa shape index (κ3) is 3.18. The molecule has 0 bridgehead atoms. The molecule has 6 nitrogen and oxygen atoms in total. The van der Waals surface area contributed by atoms with E-state index < -0.39 is 10.5 Å². The Kier molecular flexibility index (Phi) is 4.64. The van der Waals surface area contributed by atoms with Crippen LogP contribution in [0.3, 0.4) is 0 Å². The molecule has 1 N–H and O–H groups in total. The average molecular weight is 314 g/mol. The molecule has 0 spiro atoms. The minimum Gasteiger partial charge on any atom is -0.483 e. The molecule has 0 heterocycles. The molecule has 96 valence electrons. The Morgan fingerprint density at radius 2 is 2.33 bits per heavy atom. The zero-order valence-corrected chi connectivity index (χ0v) is 11.5. The Hall–Kier alpha value is -1.65. The maximum atomic E-state index is 10.9. The number of hydrogen-bond acceptors (Lipinski definition) is 5. The Morgan fingerprint density at radius 3 is 2.83 bits per heavy atom. The predicted octanol–water partition coefficient (Wildman–Crippen LogP) is 2.24. The van der Waals surface area contributed by atoms with Gasteiger partial charge in [-0.2, -0.15) is 5.26 Å². The van der Waals surface area contributed by atoms with Gasteiger partial charge in [-0.1, -0.05) is 6.07 Å². The number of hydrogen-bond donors (Lipinski definition) is 1. The molecule has 0 aliphatic rings. The zero-order valence-electron chi connectivity index (χ0n) is 9.94. The fourth-order valence-electron chi connectivity index (χ4n) is 1.16. The van der Waals surface area contributed by atoms with Crippen LogP contribution >= 0.6 is 15.9 Å². The second kappa shape index (κ2) is 5.80. The van der Waals surface area contributed by atoms with E-state index >= 15 is 0 Å². The van der Waals surface area contributed by atoms with Gasteiger partial charge in [0.15, 0.2) is 0 Å². The monoisotopic (exact) mass is 313 g/mol. The number of ether oxygens (including phenoxy) is 1. The van der Waals surface area contributed by atoms with E-state index in [4.69, 9.17) is 10.00 Å². The van der Waals surface area contributed by atoms with Gasteiger partial charge in [0.2, 0.25) is 5.75 Å². The van der Waals surface area contributed by atoms with Gasteiger partial charge in [0, 0.05) is 6.07 Å². The summed E-state index contributed by atoms with van der Waals surface area (Å²) in [7, 11) is 1.63. The predicted molar refractivity (Wildman–Crippen MR) is 69.4 cm³/mol. The molecule has 1 aromatic rings.